The van der Waals surface area contributed by atoms with Gasteiger partial charge in [-0.1, -0.05) is 41.2 Å². The van der Waals surface area contributed by atoms with Gasteiger partial charge in [-0.15, -0.1) is 0 Å². The molecule has 138 valence electrons. The van der Waals surface area contributed by atoms with Crippen molar-refractivity contribution in [3.63, 3.8) is 0 Å². The first-order chi connectivity index (χ1) is 11.5. The summed E-state index contributed by atoms with van der Waals surface area (Å²) in [7, 11) is 1.53. The van der Waals surface area contributed by atoms with Crippen LogP contribution >= 0.6 is 0 Å². The van der Waals surface area contributed by atoms with Crippen LogP contribution in [0.25, 0.3) is 0 Å². The molecule has 0 bridgehead atoms. The van der Waals surface area contributed by atoms with Crippen LogP contribution in [0.2, 0.25) is 0 Å². The summed E-state index contributed by atoms with van der Waals surface area (Å²) >= 11 is 0. The SMILES string of the molecule is C=C(CC)Nc1cc(C(C)=O)oc(=O)c1OCCOC.CC.CC. The topological polar surface area (TPSA) is 77.8 Å². The molecule has 0 radical (unpaired) electrons. The third kappa shape index (κ3) is 8.53. The number of ether oxygens (including phenoxy) is 2. The molecule has 0 aromatic carbocycles. The van der Waals surface area contributed by atoms with Crippen LogP contribution in [-0.2, 0) is 4.74 Å². The van der Waals surface area contributed by atoms with Crippen LogP contribution in [0.1, 0.15) is 58.5 Å². The highest BCUT2D eigenvalue weighted by Gasteiger charge is 2.16. The van der Waals surface area contributed by atoms with Crippen LogP contribution in [0, 0.1) is 0 Å². The van der Waals surface area contributed by atoms with E-state index in [2.05, 4.69) is 11.9 Å². The summed E-state index contributed by atoms with van der Waals surface area (Å²) in [6, 6.07) is 1.44. The van der Waals surface area contributed by atoms with Crippen molar-refractivity contribution in [2.24, 2.45) is 0 Å². The summed E-state index contributed by atoms with van der Waals surface area (Å²) in [5.74, 6) is -0.349. The van der Waals surface area contributed by atoms with Crippen LogP contribution in [0.15, 0.2) is 27.6 Å². The lowest BCUT2D eigenvalue weighted by atomic mass is 10.2. The third-order valence-electron chi connectivity index (χ3n) is 2.53. The molecule has 1 aromatic rings. The van der Waals surface area contributed by atoms with E-state index in [-0.39, 0.29) is 23.9 Å². The second-order valence-corrected chi connectivity index (χ2v) is 4.12. The van der Waals surface area contributed by atoms with E-state index < -0.39 is 5.63 Å². The standard InChI is InChI=1S/C14H19NO5.2C2H6/c1-5-9(2)15-11-8-12(10(3)16)20-14(17)13(11)19-7-6-18-4;2*1-2/h8,15H,2,5-7H2,1,3-4H3;2*1-2H3. The van der Waals surface area contributed by atoms with Gasteiger partial charge in [-0.3, -0.25) is 4.79 Å². The lowest BCUT2D eigenvalue weighted by Crippen LogP contribution is -2.16. The molecule has 0 unspecified atom stereocenters. The van der Waals surface area contributed by atoms with Gasteiger partial charge in [0.1, 0.15) is 6.61 Å². The monoisotopic (exact) mass is 341 g/mol. The molecule has 1 heterocycles. The zero-order valence-electron chi connectivity index (χ0n) is 15.9. The molecule has 0 saturated carbocycles. The molecule has 1 aromatic heterocycles. The van der Waals surface area contributed by atoms with Crippen molar-refractivity contribution >= 4 is 11.5 Å². The highest BCUT2D eigenvalue weighted by Crippen LogP contribution is 2.23. The fraction of sp³-hybridized carbons (Fsp3) is 0.556. The van der Waals surface area contributed by atoms with Crippen molar-refractivity contribution < 1.29 is 18.7 Å². The largest absolute Gasteiger partial charge is 0.483 e. The Hall–Kier alpha value is -2.08. The van der Waals surface area contributed by atoms with Crippen molar-refractivity contribution in [2.75, 3.05) is 25.6 Å². The summed E-state index contributed by atoms with van der Waals surface area (Å²) in [6.07, 6.45) is 0.674. The number of nitrogens with one attached hydrogen (secondary N) is 1. The maximum atomic E-state index is 11.9. The smallest absolute Gasteiger partial charge is 0.381 e. The maximum absolute atomic E-state index is 11.9. The van der Waals surface area contributed by atoms with Gasteiger partial charge in [0, 0.05) is 25.8 Å². The van der Waals surface area contributed by atoms with Gasteiger partial charge in [0.05, 0.1) is 12.3 Å². The average molecular weight is 341 g/mol. The molecule has 0 amide bonds. The van der Waals surface area contributed by atoms with Gasteiger partial charge < -0.3 is 19.2 Å². The van der Waals surface area contributed by atoms with Crippen molar-refractivity contribution in [3.05, 3.63) is 34.5 Å². The van der Waals surface area contributed by atoms with E-state index in [0.717, 1.165) is 0 Å². The lowest BCUT2D eigenvalue weighted by molar-refractivity contribution is 0.0980. The van der Waals surface area contributed by atoms with E-state index in [0.29, 0.717) is 24.4 Å². The van der Waals surface area contributed by atoms with Gasteiger partial charge in [0.15, 0.2) is 11.5 Å². The molecule has 0 saturated heterocycles. The third-order valence-corrected chi connectivity index (χ3v) is 2.53. The van der Waals surface area contributed by atoms with Gasteiger partial charge in [0.2, 0.25) is 5.75 Å². The predicted molar refractivity (Wildman–Crippen MR) is 98.1 cm³/mol. The van der Waals surface area contributed by atoms with Crippen molar-refractivity contribution in [1.29, 1.82) is 0 Å². The van der Waals surface area contributed by atoms with E-state index in [1.807, 2.05) is 34.6 Å². The number of hydrogen-bond acceptors (Lipinski definition) is 6. The highest BCUT2D eigenvalue weighted by molar-refractivity contribution is 5.92. The molecule has 0 aliphatic rings. The quantitative estimate of drug-likeness (QED) is 0.562. The second-order valence-electron chi connectivity index (χ2n) is 4.12. The van der Waals surface area contributed by atoms with Crippen molar-refractivity contribution in [1.82, 2.24) is 0 Å². The first kappa shape index (κ1) is 24.2. The minimum absolute atomic E-state index is 0.0154. The predicted octanol–water partition coefficient (Wildman–Crippen LogP) is 4.26. The fourth-order valence-electron chi connectivity index (χ4n) is 1.39. The van der Waals surface area contributed by atoms with Gasteiger partial charge in [-0.25, -0.2) is 4.79 Å². The minimum atomic E-state index is -0.708. The Morgan fingerprint density at radius 2 is 1.83 bits per heavy atom. The van der Waals surface area contributed by atoms with Crippen LogP contribution in [-0.4, -0.2) is 26.1 Å². The normalized spacial score (nSPS) is 8.96. The molecule has 0 atom stereocenters. The Balaban J connectivity index is 0. The average Bonchev–Trinajstić information content (AvgIpc) is 2.60. The Kier molecular flexibility index (Phi) is 14.6. The van der Waals surface area contributed by atoms with Crippen LogP contribution in [0.3, 0.4) is 0 Å². The Morgan fingerprint density at radius 3 is 2.29 bits per heavy atom. The summed E-state index contributed by atoms with van der Waals surface area (Å²) in [5.41, 5.74) is 0.358. The van der Waals surface area contributed by atoms with Crippen LogP contribution in [0.5, 0.6) is 5.75 Å². The molecule has 6 heteroatoms. The molecule has 1 rings (SSSR count). The van der Waals surface area contributed by atoms with E-state index in [1.165, 1.54) is 20.1 Å². The van der Waals surface area contributed by atoms with Crippen molar-refractivity contribution in [2.45, 2.75) is 48.0 Å². The fourth-order valence-corrected chi connectivity index (χ4v) is 1.39. The lowest BCUT2D eigenvalue weighted by Gasteiger charge is -2.13. The Labute approximate surface area is 144 Å². The molecule has 6 nitrogen and oxygen atoms in total. The zero-order chi connectivity index (χ0) is 19.1. The van der Waals surface area contributed by atoms with E-state index >= 15 is 0 Å². The Bertz CT molecular complexity index is 549. The number of rotatable bonds is 8. The molecule has 0 aliphatic carbocycles. The minimum Gasteiger partial charge on any atom is -0.483 e. The number of ketones is 1. The highest BCUT2D eigenvalue weighted by atomic mass is 16.5. The van der Waals surface area contributed by atoms with Gasteiger partial charge in [0.25, 0.3) is 0 Å². The summed E-state index contributed by atoms with van der Waals surface area (Å²) in [4.78, 5) is 23.2. The summed E-state index contributed by atoms with van der Waals surface area (Å²) < 4.78 is 15.1. The first-order valence-electron chi connectivity index (χ1n) is 8.25. The van der Waals surface area contributed by atoms with Gasteiger partial charge >= 0.3 is 5.63 Å². The van der Waals surface area contributed by atoms with E-state index in [9.17, 15) is 9.59 Å². The number of Topliss-reactive ketones (excluding diaryl/α,β-unsaturated/α-hetero) is 1. The second kappa shape index (κ2) is 14.5. The summed E-state index contributed by atoms with van der Waals surface area (Å²) in [5, 5.41) is 2.95. The number of carbonyl (C=O) groups is 1. The number of methoxy groups -OCH3 is 1. The molecule has 1 N–H and O–H groups in total. The number of allylic oxidation sites excluding steroid dienone is 1. The summed E-state index contributed by atoms with van der Waals surface area (Å²) in [6.45, 7) is 15.6. The van der Waals surface area contributed by atoms with E-state index in [1.54, 1.807) is 0 Å². The molecular formula is C18H31NO5. The first-order valence-corrected chi connectivity index (χ1v) is 8.25. The van der Waals surface area contributed by atoms with E-state index in [4.69, 9.17) is 13.9 Å². The number of carbonyl (C=O) groups excluding carboxylic acids is 1. The Morgan fingerprint density at radius 1 is 1.25 bits per heavy atom. The van der Waals surface area contributed by atoms with Crippen LogP contribution in [0.4, 0.5) is 5.69 Å². The number of anilines is 1. The molecule has 0 spiro atoms. The zero-order valence-corrected chi connectivity index (χ0v) is 15.9. The number of hydrogen-bond donors (Lipinski definition) is 1. The molecular weight excluding hydrogens is 310 g/mol. The maximum Gasteiger partial charge on any atom is 0.381 e. The van der Waals surface area contributed by atoms with Crippen LogP contribution < -0.4 is 15.7 Å². The molecule has 0 fully saturated rings. The molecule has 24 heavy (non-hydrogen) atoms. The van der Waals surface area contributed by atoms with Crippen molar-refractivity contribution in [3.8, 4) is 5.75 Å². The van der Waals surface area contributed by atoms with Gasteiger partial charge in [-0.05, 0) is 6.42 Å². The molecule has 0 aliphatic heterocycles. The van der Waals surface area contributed by atoms with Gasteiger partial charge in [-0.2, -0.15) is 0 Å².